The van der Waals surface area contributed by atoms with Crippen LogP contribution >= 0.6 is 0 Å². The first-order chi connectivity index (χ1) is 9.95. The molecule has 0 saturated carbocycles. The van der Waals surface area contributed by atoms with Crippen LogP contribution in [0.5, 0.6) is 0 Å². The molecule has 0 aliphatic carbocycles. The van der Waals surface area contributed by atoms with Crippen molar-refractivity contribution in [2.24, 2.45) is 11.7 Å². The maximum absolute atomic E-state index is 6.40. The molecule has 1 aromatic rings. The molecule has 21 heavy (non-hydrogen) atoms. The largest absolute Gasteiger partial charge is 0.376 e. The second-order valence-corrected chi connectivity index (χ2v) is 6.89. The molecule has 1 aliphatic heterocycles. The van der Waals surface area contributed by atoms with Gasteiger partial charge in [-0.1, -0.05) is 38.1 Å². The average molecular weight is 290 g/mol. The smallest absolute Gasteiger partial charge is 0.0674 e. The molecule has 118 valence electrons. The van der Waals surface area contributed by atoms with Crippen molar-refractivity contribution in [1.82, 2.24) is 4.90 Å². The van der Waals surface area contributed by atoms with Crippen LogP contribution in [0.25, 0.3) is 0 Å². The maximum atomic E-state index is 6.40. The van der Waals surface area contributed by atoms with Gasteiger partial charge in [-0.3, -0.25) is 4.90 Å². The maximum Gasteiger partial charge on any atom is 0.0674 e. The Morgan fingerprint density at radius 2 is 1.90 bits per heavy atom. The first-order valence-corrected chi connectivity index (χ1v) is 8.15. The molecule has 1 aromatic carbocycles. The molecular formula is C18H30N2O. The van der Waals surface area contributed by atoms with Gasteiger partial charge in [0.25, 0.3) is 0 Å². The van der Waals surface area contributed by atoms with Crippen LogP contribution in [0.2, 0.25) is 0 Å². The summed E-state index contributed by atoms with van der Waals surface area (Å²) in [5.74, 6) is 0.695. The molecule has 2 rings (SSSR count). The van der Waals surface area contributed by atoms with Crippen LogP contribution in [0, 0.1) is 5.92 Å². The van der Waals surface area contributed by atoms with E-state index in [0.717, 1.165) is 26.1 Å². The van der Waals surface area contributed by atoms with Gasteiger partial charge >= 0.3 is 0 Å². The van der Waals surface area contributed by atoms with Crippen molar-refractivity contribution in [3.63, 3.8) is 0 Å². The van der Waals surface area contributed by atoms with Gasteiger partial charge < -0.3 is 10.5 Å². The topological polar surface area (TPSA) is 38.5 Å². The molecule has 1 heterocycles. The molecule has 3 nitrogen and oxygen atoms in total. The van der Waals surface area contributed by atoms with Crippen molar-refractivity contribution in [1.29, 1.82) is 0 Å². The second-order valence-electron chi connectivity index (χ2n) is 6.89. The molecule has 2 N–H and O–H groups in total. The molecule has 1 aliphatic rings. The number of morpholine rings is 1. The van der Waals surface area contributed by atoms with Gasteiger partial charge in [-0.05, 0) is 37.3 Å². The SMILES string of the molecule is CC(C)Cc1ccc(C(N)CN2CC(C)OCC2C)cc1. The molecule has 1 saturated heterocycles. The third kappa shape index (κ3) is 4.80. The molecule has 0 radical (unpaired) electrons. The highest BCUT2D eigenvalue weighted by Gasteiger charge is 2.25. The minimum Gasteiger partial charge on any atom is -0.376 e. The van der Waals surface area contributed by atoms with E-state index in [-0.39, 0.29) is 6.04 Å². The summed E-state index contributed by atoms with van der Waals surface area (Å²) in [5, 5.41) is 0. The minimum absolute atomic E-state index is 0.0749. The standard InChI is InChI=1S/C18H30N2O/c1-13(2)9-16-5-7-17(8-6-16)18(19)11-20-10-15(4)21-12-14(20)3/h5-8,13-15,18H,9-12,19H2,1-4H3. The van der Waals surface area contributed by atoms with E-state index in [4.69, 9.17) is 10.5 Å². The van der Waals surface area contributed by atoms with Gasteiger partial charge in [0.2, 0.25) is 0 Å². The third-order valence-electron chi connectivity index (χ3n) is 4.22. The molecule has 3 heteroatoms. The van der Waals surface area contributed by atoms with Crippen molar-refractivity contribution < 1.29 is 4.74 Å². The van der Waals surface area contributed by atoms with Crippen LogP contribution in [-0.4, -0.2) is 36.7 Å². The van der Waals surface area contributed by atoms with Gasteiger partial charge in [0, 0.05) is 25.2 Å². The summed E-state index contributed by atoms with van der Waals surface area (Å²) in [6, 6.07) is 9.35. The zero-order valence-corrected chi connectivity index (χ0v) is 13.9. The van der Waals surface area contributed by atoms with Gasteiger partial charge in [-0.15, -0.1) is 0 Å². The van der Waals surface area contributed by atoms with Gasteiger partial charge in [-0.25, -0.2) is 0 Å². The molecule has 3 unspecified atom stereocenters. The zero-order chi connectivity index (χ0) is 15.4. The summed E-state index contributed by atoms with van der Waals surface area (Å²) < 4.78 is 5.68. The van der Waals surface area contributed by atoms with E-state index in [9.17, 15) is 0 Å². The predicted octanol–water partition coefficient (Wildman–Crippen LogP) is 2.99. The van der Waals surface area contributed by atoms with E-state index >= 15 is 0 Å². The normalized spacial score (nSPS) is 25.2. The lowest BCUT2D eigenvalue weighted by Gasteiger charge is -2.38. The van der Waals surface area contributed by atoms with Crippen LogP contribution in [0.15, 0.2) is 24.3 Å². The summed E-state index contributed by atoms with van der Waals surface area (Å²) in [6.07, 6.45) is 1.44. The highest BCUT2D eigenvalue weighted by atomic mass is 16.5. The fourth-order valence-corrected chi connectivity index (χ4v) is 2.96. The number of hydrogen-bond acceptors (Lipinski definition) is 3. The Kier molecular flexibility index (Phi) is 5.80. The van der Waals surface area contributed by atoms with E-state index in [1.165, 1.54) is 11.1 Å². The molecule has 0 spiro atoms. The summed E-state index contributed by atoms with van der Waals surface area (Å²) >= 11 is 0. The number of nitrogens with zero attached hydrogens (tertiary/aromatic N) is 1. The lowest BCUT2D eigenvalue weighted by Crippen LogP contribution is -2.49. The number of rotatable bonds is 5. The van der Waals surface area contributed by atoms with Crippen LogP contribution in [0.4, 0.5) is 0 Å². The second kappa shape index (κ2) is 7.39. The minimum atomic E-state index is 0.0749. The fraction of sp³-hybridized carbons (Fsp3) is 0.667. The molecule has 1 fully saturated rings. The van der Waals surface area contributed by atoms with Crippen molar-refractivity contribution in [2.75, 3.05) is 19.7 Å². The Morgan fingerprint density at radius 1 is 1.24 bits per heavy atom. The summed E-state index contributed by atoms with van der Waals surface area (Å²) in [4.78, 5) is 2.45. The van der Waals surface area contributed by atoms with Crippen LogP contribution in [-0.2, 0) is 11.2 Å². The Bertz CT molecular complexity index is 429. The molecule has 0 bridgehead atoms. The highest BCUT2D eigenvalue weighted by molar-refractivity contribution is 5.25. The first-order valence-electron chi connectivity index (χ1n) is 8.15. The van der Waals surface area contributed by atoms with Crippen LogP contribution < -0.4 is 5.73 Å². The van der Waals surface area contributed by atoms with E-state index in [1.807, 2.05) is 0 Å². The Morgan fingerprint density at radius 3 is 2.52 bits per heavy atom. The lowest BCUT2D eigenvalue weighted by molar-refractivity contribution is -0.0510. The number of hydrogen-bond donors (Lipinski definition) is 1. The van der Waals surface area contributed by atoms with Crippen molar-refractivity contribution in [3.05, 3.63) is 35.4 Å². The van der Waals surface area contributed by atoms with E-state index in [2.05, 4.69) is 56.9 Å². The van der Waals surface area contributed by atoms with Gasteiger partial charge in [0.1, 0.15) is 0 Å². The molecule has 0 amide bonds. The molecule has 3 atom stereocenters. The number of nitrogens with two attached hydrogens (primary N) is 1. The van der Waals surface area contributed by atoms with E-state index < -0.39 is 0 Å². The van der Waals surface area contributed by atoms with E-state index in [1.54, 1.807) is 0 Å². The molecular weight excluding hydrogens is 260 g/mol. The average Bonchev–Trinajstić information content (AvgIpc) is 2.43. The number of ether oxygens (including phenoxy) is 1. The van der Waals surface area contributed by atoms with Crippen molar-refractivity contribution in [2.45, 2.75) is 52.3 Å². The Hall–Kier alpha value is -0.900. The Labute approximate surface area is 129 Å². The van der Waals surface area contributed by atoms with Crippen LogP contribution in [0.3, 0.4) is 0 Å². The summed E-state index contributed by atoms with van der Waals surface area (Å²) in [7, 11) is 0. The monoisotopic (exact) mass is 290 g/mol. The fourth-order valence-electron chi connectivity index (χ4n) is 2.96. The third-order valence-corrected chi connectivity index (χ3v) is 4.22. The summed E-state index contributed by atoms with van der Waals surface area (Å²) in [5.41, 5.74) is 9.03. The number of benzene rings is 1. The van der Waals surface area contributed by atoms with Crippen molar-refractivity contribution >= 4 is 0 Å². The predicted molar refractivity (Wildman–Crippen MR) is 88.4 cm³/mol. The van der Waals surface area contributed by atoms with E-state index in [0.29, 0.717) is 18.1 Å². The van der Waals surface area contributed by atoms with Crippen molar-refractivity contribution in [3.8, 4) is 0 Å². The van der Waals surface area contributed by atoms with Gasteiger partial charge in [0.15, 0.2) is 0 Å². The lowest BCUT2D eigenvalue weighted by atomic mass is 9.99. The first kappa shape index (κ1) is 16.5. The van der Waals surface area contributed by atoms with Gasteiger partial charge in [-0.2, -0.15) is 0 Å². The zero-order valence-electron chi connectivity index (χ0n) is 13.9. The van der Waals surface area contributed by atoms with Crippen LogP contribution in [0.1, 0.15) is 44.9 Å². The highest BCUT2D eigenvalue weighted by Crippen LogP contribution is 2.18. The Balaban J connectivity index is 1.94. The van der Waals surface area contributed by atoms with Gasteiger partial charge in [0.05, 0.1) is 12.7 Å². The quantitative estimate of drug-likeness (QED) is 0.906. The molecule has 0 aromatic heterocycles. The summed E-state index contributed by atoms with van der Waals surface area (Å²) in [6.45, 7) is 11.5.